The second kappa shape index (κ2) is 6.36. The van der Waals surface area contributed by atoms with Gasteiger partial charge in [-0.25, -0.2) is 0 Å². The van der Waals surface area contributed by atoms with Gasteiger partial charge in [-0.2, -0.15) is 0 Å². The number of hydrogen-bond donors (Lipinski definition) is 1. The van der Waals surface area contributed by atoms with Crippen LogP contribution < -0.4 is 15.4 Å². The molecule has 2 N–H and O–H groups in total. The van der Waals surface area contributed by atoms with Gasteiger partial charge in [-0.15, -0.1) is 13.2 Å². The summed E-state index contributed by atoms with van der Waals surface area (Å²) in [6.45, 7) is 1.78. The highest BCUT2D eigenvalue weighted by Gasteiger charge is 2.37. The molecule has 132 valence electrons. The summed E-state index contributed by atoms with van der Waals surface area (Å²) in [7, 11) is 0. The minimum absolute atomic E-state index is 0.165. The Kier molecular flexibility index (Phi) is 4.38. The molecule has 0 aliphatic carbocycles. The summed E-state index contributed by atoms with van der Waals surface area (Å²) in [6, 6.07) is 9.12. The van der Waals surface area contributed by atoms with E-state index in [-0.39, 0.29) is 18.0 Å². The number of amides is 1. The monoisotopic (exact) mass is 351 g/mol. The highest BCUT2D eigenvalue weighted by Crippen LogP contribution is 2.36. The van der Waals surface area contributed by atoms with Gasteiger partial charge in [0.25, 0.3) is 0 Å². The van der Waals surface area contributed by atoms with Gasteiger partial charge in [0.15, 0.2) is 0 Å². The van der Waals surface area contributed by atoms with Gasteiger partial charge in [0.2, 0.25) is 5.91 Å². The Morgan fingerprint density at radius 1 is 1.32 bits per heavy atom. The van der Waals surface area contributed by atoms with Crippen molar-refractivity contribution in [1.82, 2.24) is 4.98 Å². The first-order chi connectivity index (χ1) is 11.8. The zero-order chi connectivity index (χ0) is 18.2. The van der Waals surface area contributed by atoms with Gasteiger partial charge < -0.3 is 15.4 Å². The number of ether oxygens (including phenoxy) is 1. The van der Waals surface area contributed by atoms with Crippen molar-refractivity contribution in [3.05, 3.63) is 53.9 Å². The number of alkyl halides is 3. The fraction of sp³-hybridized carbons (Fsp3) is 0.294. The van der Waals surface area contributed by atoms with Gasteiger partial charge >= 0.3 is 6.36 Å². The van der Waals surface area contributed by atoms with Crippen LogP contribution in [-0.2, 0) is 11.2 Å². The molecule has 1 amide bonds. The number of halogens is 3. The van der Waals surface area contributed by atoms with E-state index in [0.717, 1.165) is 11.8 Å². The lowest BCUT2D eigenvalue weighted by molar-refractivity contribution is -0.274. The van der Waals surface area contributed by atoms with Gasteiger partial charge in [0.1, 0.15) is 5.75 Å². The number of hydrogen-bond acceptors (Lipinski definition) is 4. The molecule has 0 bridgehead atoms. The molecule has 2 heterocycles. The number of nitrogens with zero attached hydrogens (tertiary/aromatic N) is 2. The van der Waals surface area contributed by atoms with Crippen molar-refractivity contribution >= 4 is 11.6 Å². The van der Waals surface area contributed by atoms with Crippen LogP contribution in [-0.4, -0.2) is 23.3 Å². The molecule has 0 saturated heterocycles. The molecule has 5 nitrogen and oxygen atoms in total. The molecular formula is C17H16F3N3O2. The van der Waals surface area contributed by atoms with Crippen LogP contribution in [0, 0.1) is 0 Å². The molecule has 0 unspecified atom stereocenters. The second-order valence-corrected chi connectivity index (χ2v) is 5.79. The Morgan fingerprint density at radius 2 is 2.00 bits per heavy atom. The Labute approximate surface area is 142 Å². The first-order valence-electron chi connectivity index (χ1n) is 7.64. The number of benzene rings is 1. The van der Waals surface area contributed by atoms with Crippen molar-refractivity contribution in [3.63, 3.8) is 0 Å². The van der Waals surface area contributed by atoms with Crippen molar-refractivity contribution in [3.8, 4) is 5.75 Å². The predicted molar refractivity (Wildman–Crippen MR) is 84.9 cm³/mol. The summed E-state index contributed by atoms with van der Waals surface area (Å²) in [5.41, 5.74) is 7.47. The lowest BCUT2D eigenvalue weighted by Gasteiger charge is -2.36. The van der Waals surface area contributed by atoms with Crippen LogP contribution in [0.1, 0.15) is 24.2 Å². The van der Waals surface area contributed by atoms with Crippen LogP contribution in [0.5, 0.6) is 5.75 Å². The lowest BCUT2D eigenvalue weighted by Crippen LogP contribution is -2.50. The summed E-state index contributed by atoms with van der Waals surface area (Å²) in [5, 5.41) is 0. The minimum atomic E-state index is -4.83. The molecule has 0 spiro atoms. The summed E-state index contributed by atoms with van der Waals surface area (Å²) in [6.07, 6.45) is -3.68. The molecule has 3 rings (SSSR count). The summed E-state index contributed by atoms with van der Waals surface area (Å²) in [5.74, 6) is -0.838. The molecule has 25 heavy (non-hydrogen) atoms. The normalized spacial score (nSPS) is 18.7. The molecule has 2 aromatic rings. The van der Waals surface area contributed by atoms with Gasteiger partial charge in [-0.05, 0) is 12.5 Å². The molecule has 0 fully saturated rings. The number of aromatic nitrogens is 1. The highest BCUT2D eigenvalue weighted by molar-refractivity contribution is 6.00. The van der Waals surface area contributed by atoms with Crippen LogP contribution in [0.3, 0.4) is 0 Å². The Hall–Kier alpha value is -2.61. The van der Waals surface area contributed by atoms with E-state index in [9.17, 15) is 18.0 Å². The van der Waals surface area contributed by atoms with Gasteiger partial charge in [-0.1, -0.05) is 30.3 Å². The molecule has 1 aromatic carbocycles. The van der Waals surface area contributed by atoms with E-state index in [1.54, 1.807) is 6.92 Å². The van der Waals surface area contributed by atoms with Crippen LogP contribution in [0.25, 0.3) is 0 Å². The van der Waals surface area contributed by atoms with Gasteiger partial charge in [0.05, 0.1) is 29.7 Å². The van der Waals surface area contributed by atoms with Crippen LogP contribution in [0.2, 0.25) is 0 Å². The minimum Gasteiger partial charge on any atom is -0.404 e. The predicted octanol–water partition coefficient (Wildman–Crippen LogP) is 2.96. The Balaban J connectivity index is 2.04. The zero-order valence-electron chi connectivity index (χ0n) is 13.3. The van der Waals surface area contributed by atoms with Gasteiger partial charge in [-0.3, -0.25) is 9.78 Å². The highest BCUT2D eigenvalue weighted by atomic mass is 19.4. The quantitative estimate of drug-likeness (QED) is 0.923. The third-order valence-corrected chi connectivity index (χ3v) is 4.05. The van der Waals surface area contributed by atoms with Crippen LogP contribution >= 0.6 is 0 Å². The van der Waals surface area contributed by atoms with E-state index in [4.69, 9.17) is 5.73 Å². The smallest absolute Gasteiger partial charge is 0.404 e. The average Bonchev–Trinajstić information content (AvgIpc) is 2.55. The topological polar surface area (TPSA) is 68.5 Å². The second-order valence-electron chi connectivity index (χ2n) is 5.79. The van der Waals surface area contributed by atoms with Crippen molar-refractivity contribution in [2.75, 3.05) is 4.90 Å². The molecule has 0 radical (unpaired) electrons. The Morgan fingerprint density at radius 3 is 2.64 bits per heavy atom. The first-order valence-corrected chi connectivity index (χ1v) is 7.64. The maximum Gasteiger partial charge on any atom is 0.573 e. The molecular weight excluding hydrogens is 335 g/mol. The number of rotatable bonds is 3. The largest absolute Gasteiger partial charge is 0.573 e. The summed E-state index contributed by atoms with van der Waals surface area (Å²) < 4.78 is 41.4. The summed E-state index contributed by atoms with van der Waals surface area (Å²) >= 11 is 0. The molecule has 1 aliphatic heterocycles. The zero-order valence-corrected chi connectivity index (χ0v) is 13.3. The SMILES string of the molecule is C[C@@H](c1ccccc1)N1C(=O)[C@H](N)Cc2ncc(OC(F)(F)F)cc21. The van der Waals surface area contributed by atoms with E-state index in [1.165, 1.54) is 11.0 Å². The average molecular weight is 351 g/mol. The fourth-order valence-corrected chi connectivity index (χ4v) is 2.89. The van der Waals surface area contributed by atoms with Crippen molar-refractivity contribution < 1.29 is 22.7 Å². The fourth-order valence-electron chi connectivity index (χ4n) is 2.89. The first kappa shape index (κ1) is 17.2. The molecule has 0 saturated carbocycles. The van der Waals surface area contributed by atoms with Gasteiger partial charge in [0, 0.05) is 12.5 Å². The van der Waals surface area contributed by atoms with E-state index in [0.29, 0.717) is 5.69 Å². The van der Waals surface area contributed by atoms with Crippen LogP contribution in [0.4, 0.5) is 18.9 Å². The number of carbonyl (C=O) groups is 1. The van der Waals surface area contributed by atoms with Crippen molar-refractivity contribution in [2.24, 2.45) is 5.73 Å². The van der Waals surface area contributed by atoms with E-state index in [2.05, 4.69) is 9.72 Å². The maximum atomic E-state index is 12.6. The molecule has 1 aromatic heterocycles. The van der Waals surface area contributed by atoms with E-state index < -0.39 is 24.2 Å². The number of carbonyl (C=O) groups excluding carboxylic acids is 1. The Bertz CT molecular complexity index is 780. The van der Waals surface area contributed by atoms with Crippen molar-refractivity contribution in [2.45, 2.75) is 31.8 Å². The molecule has 8 heteroatoms. The summed E-state index contributed by atoms with van der Waals surface area (Å²) in [4.78, 5) is 18.0. The van der Waals surface area contributed by atoms with E-state index >= 15 is 0 Å². The number of anilines is 1. The maximum absolute atomic E-state index is 12.6. The number of pyridine rings is 1. The number of fused-ring (bicyclic) bond motifs is 1. The van der Waals surface area contributed by atoms with E-state index in [1.807, 2.05) is 30.3 Å². The van der Waals surface area contributed by atoms with Crippen LogP contribution in [0.15, 0.2) is 42.6 Å². The molecule has 1 aliphatic rings. The molecule has 2 atom stereocenters. The van der Waals surface area contributed by atoms with Crippen molar-refractivity contribution in [1.29, 1.82) is 0 Å². The third kappa shape index (κ3) is 3.58. The lowest BCUT2D eigenvalue weighted by atomic mass is 9.98. The number of nitrogens with two attached hydrogens (primary N) is 1. The standard InChI is InChI=1S/C17H16F3N3O2/c1-10(11-5-3-2-4-6-11)23-15-7-12(25-17(18,19)20)9-22-14(15)8-13(21)16(23)24/h2-7,9-10,13H,8,21H2,1H3/t10-,13+/m0/s1. The third-order valence-electron chi connectivity index (χ3n) is 4.05.